The van der Waals surface area contributed by atoms with Crippen LogP contribution in [-0.2, 0) is 23.6 Å². The number of benzene rings is 1. The highest BCUT2D eigenvalue weighted by atomic mass is 32.2. The van der Waals surface area contributed by atoms with Crippen LogP contribution in [0.5, 0.6) is 0 Å². The second-order valence-corrected chi connectivity index (χ2v) is 6.32. The molecule has 0 amide bonds. The van der Waals surface area contributed by atoms with Crippen LogP contribution in [0.4, 0.5) is 0 Å². The first-order valence-electron chi connectivity index (χ1n) is 5.50. The van der Waals surface area contributed by atoms with Gasteiger partial charge in [0.1, 0.15) is 0 Å². The van der Waals surface area contributed by atoms with E-state index >= 15 is 0 Å². The largest absolute Gasteiger partial charge is 0.323 e. The predicted octanol–water partition coefficient (Wildman–Crippen LogP) is 1.68. The fourth-order valence-corrected chi connectivity index (χ4v) is 4.14. The van der Waals surface area contributed by atoms with Crippen LogP contribution >= 0.6 is 0 Å². The Bertz CT molecular complexity index is 455. The summed E-state index contributed by atoms with van der Waals surface area (Å²) in [6.45, 7) is 1.98. The van der Waals surface area contributed by atoms with Gasteiger partial charge in [0.25, 0.3) is 0 Å². The van der Waals surface area contributed by atoms with Crippen molar-refractivity contribution in [3.8, 4) is 0 Å². The maximum absolute atomic E-state index is 12.0. The number of aryl methyl sites for hydroxylation is 2. The molecule has 0 saturated carbocycles. The maximum atomic E-state index is 12.0. The van der Waals surface area contributed by atoms with E-state index in [0.717, 1.165) is 23.3 Å². The summed E-state index contributed by atoms with van der Waals surface area (Å²) >= 11 is 0. The Hall–Kier alpha value is -0.670. The van der Waals surface area contributed by atoms with E-state index in [1.807, 2.05) is 6.92 Å². The second-order valence-electron chi connectivity index (χ2n) is 4.54. The molecule has 0 spiro atoms. The molecule has 3 heteroatoms. The van der Waals surface area contributed by atoms with Crippen LogP contribution in [0.15, 0.2) is 17.0 Å². The van der Waals surface area contributed by atoms with Crippen molar-refractivity contribution in [2.24, 2.45) is 5.73 Å². The molecule has 2 nitrogen and oxygen atoms in total. The molecule has 80 valence electrons. The highest BCUT2D eigenvalue weighted by molar-refractivity contribution is 7.86. The summed E-state index contributed by atoms with van der Waals surface area (Å²) in [5.74, 6) is 0. The van der Waals surface area contributed by atoms with Gasteiger partial charge in [0, 0.05) is 10.9 Å². The molecule has 0 fully saturated rings. The van der Waals surface area contributed by atoms with E-state index in [2.05, 4.69) is 12.1 Å². The van der Waals surface area contributed by atoms with Gasteiger partial charge in [0.05, 0.1) is 16.0 Å². The molecule has 0 radical (unpaired) electrons. The molecule has 0 saturated heterocycles. The van der Waals surface area contributed by atoms with Crippen LogP contribution < -0.4 is 5.73 Å². The Kier molecular flexibility index (Phi) is 2.01. The second kappa shape index (κ2) is 3.16. The molecule has 3 rings (SSSR count). The zero-order chi connectivity index (χ0) is 10.6. The predicted molar refractivity (Wildman–Crippen MR) is 61.3 cm³/mol. The van der Waals surface area contributed by atoms with Crippen molar-refractivity contribution >= 4 is 10.8 Å². The van der Waals surface area contributed by atoms with E-state index in [4.69, 9.17) is 5.73 Å². The smallest absolute Gasteiger partial charge is 0.0580 e. The van der Waals surface area contributed by atoms with Crippen LogP contribution in [0.2, 0.25) is 0 Å². The van der Waals surface area contributed by atoms with Gasteiger partial charge in [0.2, 0.25) is 0 Å². The van der Waals surface area contributed by atoms with Crippen LogP contribution in [0.25, 0.3) is 0 Å². The van der Waals surface area contributed by atoms with E-state index in [1.54, 1.807) is 0 Å². The number of rotatable bonds is 0. The number of hydrogen-bond donors (Lipinski definition) is 1. The number of fused-ring (bicyclic) bond motifs is 2. The third-order valence-corrected chi connectivity index (χ3v) is 5.40. The van der Waals surface area contributed by atoms with Gasteiger partial charge in [-0.05, 0) is 48.9 Å². The molecule has 1 aromatic rings. The topological polar surface area (TPSA) is 43.1 Å². The van der Waals surface area contributed by atoms with Gasteiger partial charge < -0.3 is 5.73 Å². The number of nitrogens with two attached hydrogens (primary N) is 1. The minimum absolute atomic E-state index is 0.0354. The van der Waals surface area contributed by atoms with Crippen molar-refractivity contribution in [1.82, 2.24) is 0 Å². The summed E-state index contributed by atoms with van der Waals surface area (Å²) in [4.78, 5) is 0.996. The molecule has 0 bridgehead atoms. The molecule has 3 atom stereocenters. The first-order valence-corrected chi connectivity index (χ1v) is 6.71. The molecule has 0 aromatic heterocycles. The van der Waals surface area contributed by atoms with Gasteiger partial charge in [-0.25, -0.2) is 0 Å². The molecule has 1 aliphatic carbocycles. The third kappa shape index (κ3) is 1.23. The average molecular weight is 221 g/mol. The molecule has 1 heterocycles. The van der Waals surface area contributed by atoms with Gasteiger partial charge in [-0.1, -0.05) is 6.07 Å². The van der Waals surface area contributed by atoms with Gasteiger partial charge in [0.15, 0.2) is 0 Å². The average Bonchev–Trinajstić information content (AvgIpc) is 2.77. The standard InChI is InChI=1S/C12H15NOS/c1-7-12(13)10-5-8-3-2-4-9(8)6-11(10)15(7)14/h5-7,12H,2-4,13H2,1H3. The first-order chi connectivity index (χ1) is 7.18. The van der Waals surface area contributed by atoms with Gasteiger partial charge in [-0.15, -0.1) is 0 Å². The molecular weight excluding hydrogens is 206 g/mol. The highest BCUT2D eigenvalue weighted by Gasteiger charge is 2.34. The van der Waals surface area contributed by atoms with Crippen LogP contribution in [0.3, 0.4) is 0 Å². The van der Waals surface area contributed by atoms with Crippen molar-refractivity contribution in [3.05, 3.63) is 28.8 Å². The van der Waals surface area contributed by atoms with Crippen molar-refractivity contribution in [2.75, 3.05) is 0 Å². The van der Waals surface area contributed by atoms with Gasteiger partial charge >= 0.3 is 0 Å². The quantitative estimate of drug-likeness (QED) is 0.724. The van der Waals surface area contributed by atoms with Crippen molar-refractivity contribution in [2.45, 2.75) is 42.4 Å². The summed E-state index contributed by atoms with van der Waals surface area (Å²) in [7, 11) is -0.890. The lowest BCUT2D eigenvalue weighted by molar-refractivity contribution is 0.662. The summed E-state index contributed by atoms with van der Waals surface area (Å²) in [5, 5.41) is 0.0718. The lowest BCUT2D eigenvalue weighted by atomic mass is 10.0. The van der Waals surface area contributed by atoms with Crippen LogP contribution in [0.1, 0.15) is 36.1 Å². The van der Waals surface area contributed by atoms with Crippen LogP contribution in [0, 0.1) is 0 Å². The maximum Gasteiger partial charge on any atom is 0.0580 e. The fourth-order valence-electron chi connectivity index (χ4n) is 2.64. The minimum atomic E-state index is -0.890. The summed E-state index contributed by atoms with van der Waals surface area (Å²) < 4.78 is 12.0. The molecule has 2 aliphatic rings. The molecule has 15 heavy (non-hydrogen) atoms. The molecule has 2 N–H and O–H groups in total. The fraction of sp³-hybridized carbons (Fsp3) is 0.500. The van der Waals surface area contributed by atoms with Gasteiger partial charge in [-0.2, -0.15) is 0 Å². The zero-order valence-corrected chi connectivity index (χ0v) is 9.64. The summed E-state index contributed by atoms with van der Waals surface area (Å²) in [6.07, 6.45) is 3.54. The van der Waals surface area contributed by atoms with Crippen molar-refractivity contribution < 1.29 is 4.21 Å². The van der Waals surface area contributed by atoms with E-state index in [-0.39, 0.29) is 11.3 Å². The van der Waals surface area contributed by atoms with E-state index in [1.165, 1.54) is 17.5 Å². The third-order valence-electron chi connectivity index (χ3n) is 3.64. The Morgan fingerprint density at radius 2 is 2.00 bits per heavy atom. The van der Waals surface area contributed by atoms with Gasteiger partial charge in [-0.3, -0.25) is 4.21 Å². The monoisotopic (exact) mass is 221 g/mol. The molecule has 3 unspecified atom stereocenters. The molecule has 1 aliphatic heterocycles. The Morgan fingerprint density at radius 3 is 2.73 bits per heavy atom. The SMILES string of the molecule is CC1C(N)c2cc3c(cc2S1=O)CCC3. The highest BCUT2D eigenvalue weighted by Crippen LogP contribution is 2.38. The Balaban J connectivity index is 2.20. The summed E-state index contributed by atoms with van der Waals surface area (Å²) in [6, 6.07) is 4.30. The Morgan fingerprint density at radius 1 is 1.33 bits per heavy atom. The van der Waals surface area contributed by atoms with E-state index in [0.29, 0.717) is 0 Å². The van der Waals surface area contributed by atoms with E-state index < -0.39 is 10.8 Å². The lowest BCUT2D eigenvalue weighted by Crippen LogP contribution is -2.20. The zero-order valence-electron chi connectivity index (χ0n) is 8.82. The lowest BCUT2D eigenvalue weighted by Gasteiger charge is -2.08. The van der Waals surface area contributed by atoms with Crippen molar-refractivity contribution in [1.29, 1.82) is 0 Å². The number of hydrogen-bond acceptors (Lipinski definition) is 2. The molecule has 1 aromatic carbocycles. The Labute approximate surface area is 92.3 Å². The normalized spacial score (nSPS) is 32.8. The van der Waals surface area contributed by atoms with E-state index in [9.17, 15) is 4.21 Å². The molecular formula is C12H15NOS. The van der Waals surface area contributed by atoms with Crippen LogP contribution in [-0.4, -0.2) is 9.46 Å². The first kappa shape index (κ1) is 9.55. The minimum Gasteiger partial charge on any atom is -0.323 e. The van der Waals surface area contributed by atoms with Crippen molar-refractivity contribution in [3.63, 3.8) is 0 Å². The summed E-state index contributed by atoms with van der Waals surface area (Å²) in [5.41, 5.74) is 10.0.